The van der Waals surface area contributed by atoms with Crippen molar-refractivity contribution in [2.24, 2.45) is 16.3 Å². The molecule has 0 saturated heterocycles. The van der Waals surface area contributed by atoms with Crippen LogP contribution in [0.2, 0.25) is 0 Å². The minimum Gasteiger partial charge on any atom is -0.330 e. The predicted octanol–water partition coefficient (Wildman–Crippen LogP) is 1.70. The molecule has 1 unspecified atom stereocenters. The Morgan fingerprint density at radius 2 is 2.29 bits per heavy atom. The highest BCUT2D eigenvalue weighted by atomic mass is 16.2. The Morgan fingerprint density at radius 3 is 3.08 bits per heavy atom. The molecular formula is C18H20N4O2. The van der Waals surface area contributed by atoms with Gasteiger partial charge in [-0.1, -0.05) is 30.4 Å². The molecule has 4 N–H and O–H groups in total. The quantitative estimate of drug-likeness (QED) is 0.786. The second kappa shape index (κ2) is 6.41. The van der Waals surface area contributed by atoms with Crippen molar-refractivity contribution in [2.75, 3.05) is 11.9 Å². The molecule has 3 rings (SSSR count). The van der Waals surface area contributed by atoms with E-state index in [2.05, 4.69) is 15.8 Å². The predicted molar refractivity (Wildman–Crippen MR) is 93.4 cm³/mol. The van der Waals surface area contributed by atoms with Crippen LogP contribution in [0.1, 0.15) is 25.3 Å². The maximum absolute atomic E-state index is 12.1. The van der Waals surface area contributed by atoms with E-state index in [0.717, 1.165) is 11.3 Å². The molecule has 124 valence electrons. The Bertz CT molecular complexity index is 779. The summed E-state index contributed by atoms with van der Waals surface area (Å²) in [5.41, 5.74) is 10.5. The van der Waals surface area contributed by atoms with Crippen molar-refractivity contribution in [3.05, 3.63) is 53.6 Å². The number of nitrogens with two attached hydrogens (primary N) is 1. The van der Waals surface area contributed by atoms with E-state index in [4.69, 9.17) is 5.73 Å². The van der Waals surface area contributed by atoms with E-state index in [9.17, 15) is 9.59 Å². The van der Waals surface area contributed by atoms with E-state index in [1.165, 1.54) is 0 Å². The molecule has 0 spiro atoms. The highest BCUT2D eigenvalue weighted by Crippen LogP contribution is 2.40. The molecular weight excluding hydrogens is 304 g/mol. The van der Waals surface area contributed by atoms with Gasteiger partial charge < -0.3 is 11.1 Å². The van der Waals surface area contributed by atoms with Gasteiger partial charge in [-0.15, -0.1) is 0 Å². The lowest BCUT2D eigenvalue weighted by molar-refractivity contribution is -0.118. The summed E-state index contributed by atoms with van der Waals surface area (Å²) in [4.78, 5) is 23.8. The number of hydrogen-bond acceptors (Lipinski definition) is 4. The van der Waals surface area contributed by atoms with Crippen LogP contribution >= 0.6 is 0 Å². The SMILES string of the molecule is CC12CC=CC=C1C(=O)NN=C2c1cccc(NC(=O)CCN)c1. The van der Waals surface area contributed by atoms with E-state index < -0.39 is 5.41 Å². The molecule has 1 aromatic carbocycles. The standard InChI is InChI=1S/C18H20N4O2/c1-18-9-3-2-7-14(18)17(24)22-21-16(18)12-5-4-6-13(11-12)20-15(23)8-10-19/h2-7,11H,8-10,19H2,1H3,(H,20,23)(H,22,24). The maximum Gasteiger partial charge on any atom is 0.268 e. The van der Waals surface area contributed by atoms with Crippen LogP contribution in [0, 0.1) is 5.41 Å². The molecule has 6 nitrogen and oxygen atoms in total. The zero-order valence-corrected chi connectivity index (χ0v) is 13.5. The number of carbonyl (C=O) groups is 2. The lowest BCUT2D eigenvalue weighted by atomic mass is 9.69. The fourth-order valence-electron chi connectivity index (χ4n) is 3.08. The number of nitrogens with one attached hydrogen (secondary N) is 2. The molecule has 6 heteroatoms. The minimum absolute atomic E-state index is 0.124. The van der Waals surface area contributed by atoms with Gasteiger partial charge in [-0.05, 0) is 25.5 Å². The summed E-state index contributed by atoms with van der Waals surface area (Å²) in [6.07, 6.45) is 6.74. The molecule has 0 radical (unpaired) electrons. The second-order valence-corrected chi connectivity index (χ2v) is 6.11. The largest absolute Gasteiger partial charge is 0.330 e. The number of nitrogens with zero attached hydrogens (tertiary/aromatic N) is 1. The lowest BCUT2D eigenvalue weighted by Gasteiger charge is -2.36. The van der Waals surface area contributed by atoms with Gasteiger partial charge in [0.05, 0.1) is 5.71 Å². The number of amides is 2. The molecule has 2 amide bonds. The van der Waals surface area contributed by atoms with Gasteiger partial charge >= 0.3 is 0 Å². The lowest BCUT2D eigenvalue weighted by Crippen LogP contribution is -2.44. The molecule has 2 aliphatic rings. The Kier molecular flexibility index (Phi) is 4.31. The molecule has 0 fully saturated rings. The average molecular weight is 324 g/mol. The number of rotatable bonds is 4. The smallest absolute Gasteiger partial charge is 0.268 e. The number of carbonyl (C=O) groups excluding carboxylic acids is 2. The Balaban J connectivity index is 1.94. The third-order valence-corrected chi connectivity index (χ3v) is 4.35. The summed E-state index contributed by atoms with van der Waals surface area (Å²) < 4.78 is 0. The van der Waals surface area contributed by atoms with Gasteiger partial charge in [0.1, 0.15) is 0 Å². The molecule has 1 aromatic rings. The summed E-state index contributed by atoms with van der Waals surface area (Å²) in [5, 5.41) is 7.13. The van der Waals surface area contributed by atoms with Gasteiger partial charge in [0.2, 0.25) is 5.91 Å². The summed E-state index contributed by atoms with van der Waals surface area (Å²) >= 11 is 0. The number of allylic oxidation sites excluding steroid dienone is 3. The molecule has 0 bridgehead atoms. The van der Waals surface area contributed by atoms with E-state index in [-0.39, 0.29) is 18.2 Å². The number of fused-ring (bicyclic) bond motifs is 1. The molecule has 0 saturated carbocycles. The van der Waals surface area contributed by atoms with E-state index in [1.54, 1.807) is 0 Å². The molecule has 1 atom stereocenters. The molecule has 1 aliphatic carbocycles. The first kappa shape index (κ1) is 16.1. The Morgan fingerprint density at radius 1 is 1.46 bits per heavy atom. The van der Waals surface area contributed by atoms with Crippen LogP contribution in [0.5, 0.6) is 0 Å². The number of hydrogen-bond donors (Lipinski definition) is 3. The van der Waals surface area contributed by atoms with Crippen molar-refractivity contribution in [1.29, 1.82) is 0 Å². The van der Waals surface area contributed by atoms with Gasteiger partial charge in [-0.25, -0.2) is 5.43 Å². The molecule has 0 aromatic heterocycles. The number of hydrazone groups is 1. The third kappa shape index (κ3) is 2.88. The first-order valence-electron chi connectivity index (χ1n) is 7.91. The van der Waals surface area contributed by atoms with Crippen molar-refractivity contribution >= 4 is 23.2 Å². The Labute approximate surface area is 140 Å². The average Bonchev–Trinajstić information content (AvgIpc) is 2.55. The van der Waals surface area contributed by atoms with Crippen LogP contribution in [0.3, 0.4) is 0 Å². The van der Waals surface area contributed by atoms with Crippen molar-refractivity contribution in [2.45, 2.75) is 19.8 Å². The maximum atomic E-state index is 12.1. The van der Waals surface area contributed by atoms with Gasteiger partial charge in [-0.3, -0.25) is 9.59 Å². The molecule has 1 heterocycles. The van der Waals surface area contributed by atoms with E-state index in [0.29, 0.717) is 24.2 Å². The van der Waals surface area contributed by atoms with Crippen molar-refractivity contribution < 1.29 is 9.59 Å². The van der Waals surface area contributed by atoms with E-state index in [1.807, 2.05) is 49.4 Å². The fourth-order valence-corrected chi connectivity index (χ4v) is 3.08. The summed E-state index contributed by atoms with van der Waals surface area (Å²) in [7, 11) is 0. The summed E-state index contributed by atoms with van der Waals surface area (Å²) in [6, 6.07) is 7.47. The highest BCUT2D eigenvalue weighted by Gasteiger charge is 2.42. The Hall–Kier alpha value is -2.73. The van der Waals surface area contributed by atoms with Gasteiger partial charge in [-0.2, -0.15) is 5.10 Å². The third-order valence-electron chi connectivity index (χ3n) is 4.35. The van der Waals surface area contributed by atoms with Gasteiger partial charge in [0.25, 0.3) is 5.91 Å². The van der Waals surface area contributed by atoms with Crippen LogP contribution in [0.25, 0.3) is 0 Å². The van der Waals surface area contributed by atoms with Crippen molar-refractivity contribution in [3.8, 4) is 0 Å². The van der Waals surface area contributed by atoms with Gasteiger partial charge in [0, 0.05) is 35.2 Å². The first-order valence-corrected chi connectivity index (χ1v) is 7.91. The zero-order chi connectivity index (χ0) is 17.2. The van der Waals surface area contributed by atoms with Crippen LogP contribution < -0.4 is 16.5 Å². The minimum atomic E-state index is -0.475. The monoisotopic (exact) mass is 324 g/mol. The number of benzene rings is 1. The van der Waals surface area contributed by atoms with Crippen LogP contribution in [-0.4, -0.2) is 24.1 Å². The summed E-state index contributed by atoms with van der Waals surface area (Å²) in [6.45, 7) is 2.32. The first-order chi connectivity index (χ1) is 11.5. The highest BCUT2D eigenvalue weighted by molar-refractivity contribution is 6.15. The van der Waals surface area contributed by atoms with Crippen LogP contribution in [0.15, 0.2) is 53.2 Å². The fraction of sp³-hybridized carbons (Fsp3) is 0.278. The van der Waals surface area contributed by atoms with Crippen LogP contribution in [-0.2, 0) is 9.59 Å². The normalized spacial score (nSPS) is 22.2. The zero-order valence-electron chi connectivity index (χ0n) is 13.5. The molecule has 24 heavy (non-hydrogen) atoms. The van der Waals surface area contributed by atoms with Crippen molar-refractivity contribution in [1.82, 2.24) is 5.43 Å². The number of anilines is 1. The van der Waals surface area contributed by atoms with Gasteiger partial charge in [0.15, 0.2) is 0 Å². The topological polar surface area (TPSA) is 96.6 Å². The van der Waals surface area contributed by atoms with Crippen LogP contribution in [0.4, 0.5) is 5.69 Å². The molecule has 1 aliphatic heterocycles. The van der Waals surface area contributed by atoms with E-state index >= 15 is 0 Å². The van der Waals surface area contributed by atoms with Crippen molar-refractivity contribution in [3.63, 3.8) is 0 Å². The summed E-state index contributed by atoms with van der Waals surface area (Å²) in [5.74, 6) is -0.293. The second-order valence-electron chi connectivity index (χ2n) is 6.11.